The maximum absolute atomic E-state index is 11.9. The Morgan fingerprint density at radius 3 is 1.66 bits per heavy atom. The smallest absolute Gasteiger partial charge is 1.00 e. The van der Waals surface area contributed by atoms with Gasteiger partial charge in [0.15, 0.2) is 29.9 Å². The van der Waals surface area contributed by atoms with Gasteiger partial charge in [-0.25, -0.2) is 0 Å². The van der Waals surface area contributed by atoms with E-state index in [0.29, 0.717) is 36.5 Å². The molecule has 11 heteroatoms. The number of halogens is 2. The molecule has 4 rings (SSSR count). The average molecular weight is 579 g/mol. The number of aliphatic hydroxyl groups excluding tert-OH is 1. The van der Waals surface area contributed by atoms with Gasteiger partial charge in [0.05, 0.1) is 45.6 Å². The summed E-state index contributed by atoms with van der Waals surface area (Å²) in [6, 6.07) is 11.1. The van der Waals surface area contributed by atoms with Gasteiger partial charge in [0.1, 0.15) is 0 Å². The number of ether oxygens (including phenoxy) is 5. The van der Waals surface area contributed by atoms with Crippen LogP contribution in [0.2, 0.25) is 10.0 Å². The number of benzene rings is 2. The molecule has 2 aliphatic rings. The van der Waals surface area contributed by atoms with Crippen LogP contribution in [0.4, 0.5) is 0 Å². The van der Waals surface area contributed by atoms with Crippen LogP contribution < -0.4 is 18.9 Å². The van der Waals surface area contributed by atoms with E-state index in [-0.39, 0.29) is 61.9 Å². The van der Waals surface area contributed by atoms with Gasteiger partial charge >= 0.3 is 24.8 Å². The molecule has 2 aromatic carbocycles. The van der Waals surface area contributed by atoms with Crippen LogP contribution in [-0.4, -0.2) is 68.6 Å². The molecule has 0 atom stereocenters. The quantitative estimate of drug-likeness (QED) is 0.410. The summed E-state index contributed by atoms with van der Waals surface area (Å²) in [4.78, 5) is 11.9. The molecule has 2 aliphatic heterocycles. The second-order valence-electron chi connectivity index (χ2n) is 9.85. The number of carbonyl (C=O) groups is 1. The zero-order valence-electron chi connectivity index (χ0n) is 23.3. The first kappa shape index (κ1) is 35.4. The zero-order chi connectivity index (χ0) is 26.5. The standard InChI is InChI=1S/C14H17ClO4.C13H17ClO3.Al.Li.4H/c1-14(2,13(16)17-3)10-6-9(7-11(15)8-10)12-18-4-5-19-12;1-13(2,8-15)10-5-9(6-11(14)7-10)12-16-3-4-17-12;;;;;;/h6-8,12H,4-5H2,1-3H3;5-7,12,15H,3-4,8H2,1-2H3;;;;;;/q;;;+1;;;;-1. The number of aliphatic hydroxyl groups is 1. The van der Waals surface area contributed by atoms with Gasteiger partial charge in [-0.05, 0) is 55.3 Å². The number of methoxy groups -OCH3 is 1. The van der Waals surface area contributed by atoms with Crippen molar-refractivity contribution in [2.24, 2.45) is 0 Å². The summed E-state index contributed by atoms with van der Waals surface area (Å²) in [5, 5.41) is 10.6. The first-order valence-corrected chi connectivity index (χ1v) is 12.5. The molecule has 0 bridgehead atoms. The van der Waals surface area contributed by atoms with Crippen LogP contribution in [0.1, 0.15) is 64.0 Å². The largest absolute Gasteiger partial charge is 1.00 e. The van der Waals surface area contributed by atoms with Gasteiger partial charge in [-0.2, -0.15) is 0 Å². The third-order valence-electron chi connectivity index (χ3n) is 6.22. The van der Waals surface area contributed by atoms with E-state index in [1.165, 1.54) is 7.11 Å². The number of hydrogen-bond acceptors (Lipinski definition) is 7. The minimum atomic E-state index is -0.771. The molecule has 2 fully saturated rings. The van der Waals surface area contributed by atoms with Crippen molar-refractivity contribution in [1.82, 2.24) is 0 Å². The third-order valence-corrected chi connectivity index (χ3v) is 6.66. The molecule has 0 unspecified atom stereocenters. The van der Waals surface area contributed by atoms with Crippen LogP contribution in [0, 0.1) is 0 Å². The Morgan fingerprint density at radius 1 is 0.868 bits per heavy atom. The molecule has 206 valence electrons. The fraction of sp³-hybridized carbons (Fsp3) is 0.519. The summed E-state index contributed by atoms with van der Waals surface area (Å²) in [5.74, 6) is -0.311. The molecular formula is C27H38AlCl2LiO7. The molecule has 2 heterocycles. The molecule has 2 saturated heterocycles. The predicted molar refractivity (Wildman–Crippen MR) is 148 cm³/mol. The molecule has 7 nitrogen and oxygen atoms in total. The Bertz CT molecular complexity index is 1060. The van der Waals surface area contributed by atoms with Gasteiger partial charge in [-0.1, -0.05) is 43.1 Å². The fourth-order valence-electron chi connectivity index (χ4n) is 3.81. The number of esters is 1. The molecule has 0 aliphatic carbocycles. The molecule has 1 N–H and O–H groups in total. The monoisotopic (exact) mass is 578 g/mol. The molecule has 0 aromatic heterocycles. The van der Waals surface area contributed by atoms with Crippen LogP contribution in [0.25, 0.3) is 0 Å². The number of carbonyl (C=O) groups excluding carboxylic acids is 1. The minimum absolute atomic E-state index is 0. The van der Waals surface area contributed by atoms with Gasteiger partial charge in [-0.3, -0.25) is 4.79 Å². The van der Waals surface area contributed by atoms with E-state index in [9.17, 15) is 9.90 Å². The van der Waals surface area contributed by atoms with Crippen molar-refractivity contribution in [3.63, 3.8) is 0 Å². The third kappa shape index (κ3) is 8.96. The predicted octanol–water partition coefficient (Wildman–Crippen LogP) is 1.42. The van der Waals surface area contributed by atoms with Gasteiger partial charge < -0.3 is 30.2 Å². The molecule has 0 spiro atoms. The second-order valence-corrected chi connectivity index (χ2v) is 10.7. The summed E-state index contributed by atoms with van der Waals surface area (Å²) >= 11 is 12.2. The van der Waals surface area contributed by atoms with Crippen molar-refractivity contribution in [1.29, 1.82) is 0 Å². The second kappa shape index (κ2) is 15.4. The Hall–Kier alpha value is -0.580. The normalized spacial score (nSPS) is 16.2. The molecule has 38 heavy (non-hydrogen) atoms. The van der Waals surface area contributed by atoms with E-state index in [4.69, 9.17) is 46.9 Å². The molecule has 0 amide bonds. The van der Waals surface area contributed by atoms with Gasteiger partial charge in [-0.15, -0.1) is 0 Å². The van der Waals surface area contributed by atoms with Crippen LogP contribution in [0.3, 0.4) is 0 Å². The summed E-state index contributed by atoms with van der Waals surface area (Å²) in [6.45, 7) is 9.94. The van der Waals surface area contributed by atoms with E-state index in [2.05, 4.69) is 0 Å². The van der Waals surface area contributed by atoms with Crippen LogP contribution in [0.5, 0.6) is 0 Å². The first-order chi connectivity index (χ1) is 17.0. The molecule has 0 saturated carbocycles. The average Bonchev–Trinajstić information content (AvgIpc) is 3.58. The Morgan fingerprint density at radius 2 is 1.26 bits per heavy atom. The SMILES string of the molecule is CC(C)(CO)c1cc(Cl)cc(C2OCCO2)c1.COC(=O)C(C)(C)c1cc(Cl)cc(C2OCCO2)c1.[AlH3].[H-].[Li+]. The zero-order valence-corrected chi connectivity index (χ0v) is 23.8. The topological polar surface area (TPSA) is 83.5 Å². The Labute approximate surface area is 259 Å². The van der Waals surface area contributed by atoms with Crippen molar-refractivity contribution in [3.8, 4) is 0 Å². The Kier molecular flexibility index (Phi) is 14.4. The van der Waals surface area contributed by atoms with E-state index >= 15 is 0 Å². The maximum atomic E-state index is 11.9. The van der Waals surface area contributed by atoms with E-state index < -0.39 is 11.7 Å². The van der Waals surface area contributed by atoms with Crippen molar-refractivity contribution < 1.29 is 53.9 Å². The molecule has 2 aromatic rings. The van der Waals surface area contributed by atoms with Crippen molar-refractivity contribution in [2.45, 2.75) is 51.1 Å². The Balaban J connectivity index is 0.000000691. The molecular weight excluding hydrogens is 541 g/mol. The fourth-order valence-corrected chi connectivity index (χ4v) is 4.30. The van der Waals surface area contributed by atoms with Crippen LogP contribution in [-0.2, 0) is 39.3 Å². The maximum Gasteiger partial charge on any atom is 1.00 e. The van der Waals surface area contributed by atoms with E-state index in [1.54, 1.807) is 26.0 Å². The molecule has 0 radical (unpaired) electrons. The number of hydrogen-bond donors (Lipinski definition) is 1. The van der Waals surface area contributed by atoms with Gasteiger partial charge in [0, 0.05) is 26.6 Å². The van der Waals surface area contributed by atoms with Crippen LogP contribution in [0.15, 0.2) is 36.4 Å². The summed E-state index contributed by atoms with van der Waals surface area (Å²) < 4.78 is 26.6. The summed E-state index contributed by atoms with van der Waals surface area (Å²) in [5.41, 5.74) is 2.40. The van der Waals surface area contributed by atoms with Gasteiger partial charge in [0.2, 0.25) is 0 Å². The summed E-state index contributed by atoms with van der Waals surface area (Å²) in [7, 11) is 1.37. The first-order valence-electron chi connectivity index (χ1n) is 11.8. The van der Waals surface area contributed by atoms with E-state index in [1.807, 2.05) is 38.1 Å². The number of rotatable bonds is 6. The van der Waals surface area contributed by atoms with Gasteiger partial charge in [0.25, 0.3) is 0 Å². The van der Waals surface area contributed by atoms with Crippen LogP contribution >= 0.6 is 23.2 Å². The summed E-state index contributed by atoms with van der Waals surface area (Å²) in [6.07, 6.45) is -0.743. The van der Waals surface area contributed by atoms with Crippen molar-refractivity contribution in [2.75, 3.05) is 40.1 Å². The van der Waals surface area contributed by atoms with Crippen molar-refractivity contribution in [3.05, 3.63) is 68.7 Å². The van der Waals surface area contributed by atoms with E-state index in [0.717, 1.165) is 22.3 Å². The van der Waals surface area contributed by atoms with Crippen molar-refractivity contribution >= 4 is 46.5 Å². The minimum Gasteiger partial charge on any atom is -1.00 e.